The van der Waals surface area contributed by atoms with Gasteiger partial charge in [0, 0.05) is 43.9 Å². The van der Waals surface area contributed by atoms with Crippen molar-refractivity contribution >= 4 is 23.5 Å². The molecule has 0 aliphatic carbocycles. The lowest BCUT2D eigenvalue weighted by molar-refractivity contribution is -0.144. The number of pyridine rings is 1. The van der Waals surface area contributed by atoms with E-state index in [1.54, 1.807) is 43.5 Å². The molecule has 4 amide bonds. The smallest absolute Gasteiger partial charge is 0.335 e. The lowest BCUT2D eigenvalue weighted by atomic mass is 9.75. The molecule has 0 unspecified atom stereocenters. The minimum absolute atomic E-state index is 0.00690. The van der Waals surface area contributed by atoms with Crippen molar-refractivity contribution in [3.63, 3.8) is 0 Å². The zero-order chi connectivity index (χ0) is 29.6. The minimum Gasteiger partial charge on any atom is -0.497 e. The number of hydrogen-bond donors (Lipinski definition) is 1. The predicted molar refractivity (Wildman–Crippen MR) is 159 cm³/mol. The number of methoxy groups -OCH3 is 1. The van der Waals surface area contributed by atoms with Crippen LogP contribution in [0.4, 0.5) is 10.5 Å². The quantitative estimate of drug-likeness (QED) is 0.434. The number of likely N-dealkylation sites (tertiary alicyclic amines) is 1. The average molecular weight is 569 g/mol. The van der Waals surface area contributed by atoms with Crippen molar-refractivity contribution in [3.05, 3.63) is 93.9 Å². The Labute approximate surface area is 245 Å². The van der Waals surface area contributed by atoms with Gasteiger partial charge >= 0.3 is 6.03 Å². The molecule has 3 aromatic rings. The van der Waals surface area contributed by atoms with Gasteiger partial charge in [0.1, 0.15) is 11.2 Å². The van der Waals surface area contributed by atoms with Gasteiger partial charge in [-0.05, 0) is 66.1 Å². The molecule has 2 saturated heterocycles. The van der Waals surface area contributed by atoms with E-state index in [-0.39, 0.29) is 30.4 Å². The molecule has 4 heterocycles. The summed E-state index contributed by atoms with van der Waals surface area (Å²) < 4.78 is 7.12. The molecule has 218 valence electrons. The number of amides is 4. The molecule has 2 fully saturated rings. The van der Waals surface area contributed by atoms with Gasteiger partial charge in [-0.1, -0.05) is 44.2 Å². The summed E-state index contributed by atoms with van der Waals surface area (Å²) in [4.78, 5) is 57.4. The highest BCUT2D eigenvalue weighted by atomic mass is 16.5. The summed E-state index contributed by atoms with van der Waals surface area (Å²) in [6, 6.07) is 19.3. The average Bonchev–Trinajstić information content (AvgIpc) is 2.97. The topological polar surface area (TPSA) is 101 Å². The molecule has 3 aliphatic rings. The number of barbiturate groups is 1. The maximum absolute atomic E-state index is 14.5. The van der Waals surface area contributed by atoms with Gasteiger partial charge in [0.2, 0.25) is 5.91 Å². The van der Waals surface area contributed by atoms with E-state index >= 15 is 0 Å². The Balaban J connectivity index is 1.37. The van der Waals surface area contributed by atoms with Crippen LogP contribution >= 0.6 is 0 Å². The molecular weight excluding hydrogens is 532 g/mol. The first-order chi connectivity index (χ1) is 20.2. The Morgan fingerprint density at radius 2 is 1.67 bits per heavy atom. The molecule has 42 heavy (non-hydrogen) atoms. The van der Waals surface area contributed by atoms with E-state index in [2.05, 4.69) is 24.1 Å². The van der Waals surface area contributed by atoms with Gasteiger partial charge in [0.15, 0.2) is 0 Å². The third-order valence-electron chi connectivity index (χ3n) is 9.00. The summed E-state index contributed by atoms with van der Waals surface area (Å²) in [5, 5.41) is 2.51. The summed E-state index contributed by atoms with van der Waals surface area (Å²) in [6.45, 7) is 6.28. The predicted octanol–water partition coefficient (Wildman–Crippen LogP) is 3.91. The van der Waals surface area contributed by atoms with Gasteiger partial charge in [0.25, 0.3) is 11.5 Å². The molecule has 2 aromatic carbocycles. The number of imide groups is 2. The third kappa shape index (κ3) is 4.91. The molecule has 0 radical (unpaired) electrons. The van der Waals surface area contributed by atoms with Crippen LogP contribution in [0.15, 0.2) is 71.5 Å². The zero-order valence-corrected chi connectivity index (χ0v) is 24.2. The van der Waals surface area contributed by atoms with Crippen LogP contribution in [0.1, 0.15) is 48.9 Å². The summed E-state index contributed by atoms with van der Waals surface area (Å²) >= 11 is 0. The number of urea groups is 1. The van der Waals surface area contributed by atoms with Crippen LogP contribution in [0.5, 0.6) is 5.75 Å². The highest BCUT2D eigenvalue weighted by molar-refractivity contribution is 6.30. The number of fused-ring (bicyclic) bond motifs is 4. The first-order valence-corrected chi connectivity index (χ1v) is 14.5. The number of piperidine rings is 1. The molecular formula is C33H36N4O5. The molecule has 6 rings (SSSR count). The number of carbonyl (C=O) groups is 3. The van der Waals surface area contributed by atoms with E-state index in [0.717, 1.165) is 22.6 Å². The third-order valence-corrected chi connectivity index (χ3v) is 9.00. The van der Waals surface area contributed by atoms with Crippen LogP contribution in [0, 0.1) is 11.3 Å². The fraction of sp³-hybridized carbons (Fsp3) is 0.394. The Hall–Kier alpha value is -4.24. The normalized spacial score (nSPS) is 24.0. The van der Waals surface area contributed by atoms with Crippen molar-refractivity contribution < 1.29 is 19.1 Å². The van der Waals surface area contributed by atoms with Crippen molar-refractivity contribution in [2.24, 2.45) is 11.3 Å². The number of nitrogens with one attached hydrogen (secondary N) is 1. The maximum atomic E-state index is 14.5. The van der Waals surface area contributed by atoms with Crippen LogP contribution < -0.4 is 20.5 Å². The van der Waals surface area contributed by atoms with Crippen LogP contribution in [0.25, 0.3) is 0 Å². The summed E-state index contributed by atoms with van der Waals surface area (Å²) in [5.41, 5.74) is 1.86. The van der Waals surface area contributed by atoms with Gasteiger partial charge in [-0.15, -0.1) is 0 Å². The second kappa shape index (κ2) is 10.9. The molecule has 0 spiro atoms. The van der Waals surface area contributed by atoms with Gasteiger partial charge < -0.3 is 14.2 Å². The van der Waals surface area contributed by atoms with Crippen LogP contribution in [-0.2, 0) is 22.6 Å². The molecule has 9 heteroatoms. The van der Waals surface area contributed by atoms with Crippen LogP contribution in [-0.4, -0.2) is 54.1 Å². The van der Waals surface area contributed by atoms with E-state index < -0.39 is 23.3 Å². The summed E-state index contributed by atoms with van der Waals surface area (Å²) in [5.74, 6) is 0.160. The number of aromatic nitrogens is 1. The van der Waals surface area contributed by atoms with Crippen molar-refractivity contribution in [3.8, 4) is 5.75 Å². The molecule has 1 aromatic heterocycles. The molecule has 2 bridgehead atoms. The van der Waals surface area contributed by atoms with E-state index in [1.807, 2.05) is 34.9 Å². The SMILES string of the molecule is COc1ccc(N2C(=O)NC(=O)[C@@](Cc3ccc(C(C)C)cc3)(CN3C[C@H]4C[C@@H](C3)c3cccc(=O)n3C4)C2=O)cc1. The van der Waals surface area contributed by atoms with Gasteiger partial charge in [0.05, 0.1) is 12.8 Å². The van der Waals surface area contributed by atoms with Crippen molar-refractivity contribution in [2.75, 3.05) is 31.6 Å². The number of carbonyl (C=O) groups excluding carboxylic acids is 3. The second-order valence-corrected chi connectivity index (χ2v) is 12.1. The van der Waals surface area contributed by atoms with Crippen molar-refractivity contribution in [1.82, 2.24) is 14.8 Å². The standard InChI is InChI=1S/C33H36N4O5/c1-21(2)24-9-7-22(8-10-24)16-33(20-35-17-23-15-25(19-35)28-5-4-6-29(38)36(28)18-23)30(39)34-32(41)37(31(33)40)26-11-13-27(42-3)14-12-26/h4-14,21,23,25H,15-20H2,1-3H3,(H,34,39,41)/t23-,25+,33-/m1/s1. The molecule has 1 N–H and O–H groups in total. The molecule has 0 saturated carbocycles. The number of hydrogen-bond acceptors (Lipinski definition) is 6. The number of ether oxygens (including phenoxy) is 1. The van der Waals surface area contributed by atoms with Gasteiger partial charge in [-0.25, -0.2) is 9.69 Å². The number of rotatable bonds is 7. The summed E-state index contributed by atoms with van der Waals surface area (Å²) in [6.07, 6.45) is 1.11. The Kier molecular flexibility index (Phi) is 7.22. The Morgan fingerprint density at radius 3 is 2.36 bits per heavy atom. The second-order valence-electron chi connectivity index (χ2n) is 12.1. The largest absolute Gasteiger partial charge is 0.497 e. The highest BCUT2D eigenvalue weighted by Gasteiger charge is 2.55. The summed E-state index contributed by atoms with van der Waals surface area (Å²) in [7, 11) is 1.55. The first kappa shape index (κ1) is 27.9. The lowest BCUT2D eigenvalue weighted by Gasteiger charge is -2.47. The highest BCUT2D eigenvalue weighted by Crippen LogP contribution is 2.39. The van der Waals surface area contributed by atoms with Gasteiger partial charge in [-0.3, -0.25) is 19.7 Å². The molecule has 3 atom stereocenters. The van der Waals surface area contributed by atoms with Crippen molar-refractivity contribution in [2.45, 2.75) is 45.1 Å². The number of benzene rings is 2. The van der Waals surface area contributed by atoms with Crippen molar-refractivity contribution in [1.29, 1.82) is 0 Å². The van der Waals surface area contributed by atoms with E-state index in [0.29, 0.717) is 37.0 Å². The maximum Gasteiger partial charge on any atom is 0.335 e. The van der Waals surface area contributed by atoms with Crippen LogP contribution in [0.2, 0.25) is 0 Å². The van der Waals surface area contributed by atoms with Crippen LogP contribution in [0.3, 0.4) is 0 Å². The van der Waals surface area contributed by atoms with E-state index in [4.69, 9.17) is 4.74 Å². The van der Waals surface area contributed by atoms with E-state index in [9.17, 15) is 19.2 Å². The molecule has 3 aliphatic heterocycles. The molecule has 9 nitrogen and oxygen atoms in total. The monoisotopic (exact) mass is 568 g/mol. The number of nitrogens with zero attached hydrogens (tertiary/aromatic N) is 3. The van der Waals surface area contributed by atoms with E-state index in [1.165, 1.54) is 5.56 Å². The number of anilines is 1. The Bertz CT molecular complexity index is 1580. The minimum atomic E-state index is -1.53. The fourth-order valence-electron chi connectivity index (χ4n) is 6.87. The van der Waals surface area contributed by atoms with Gasteiger partial charge in [-0.2, -0.15) is 0 Å². The Morgan fingerprint density at radius 1 is 0.929 bits per heavy atom. The zero-order valence-electron chi connectivity index (χ0n) is 24.2. The first-order valence-electron chi connectivity index (χ1n) is 14.5. The lowest BCUT2D eigenvalue weighted by Crippen LogP contribution is -2.68. The fourth-order valence-corrected chi connectivity index (χ4v) is 6.87.